The molecule has 0 spiro atoms. The summed E-state index contributed by atoms with van der Waals surface area (Å²) in [5.41, 5.74) is 1.14. The molecule has 0 unspecified atom stereocenters. The Morgan fingerprint density at radius 3 is 2.56 bits per heavy atom. The molecule has 1 heterocycles. The van der Waals surface area contributed by atoms with Crippen LogP contribution in [0.4, 0.5) is 5.69 Å². The van der Waals surface area contributed by atoms with Gasteiger partial charge < -0.3 is 9.84 Å². The average molecular weight is 426 g/mol. The van der Waals surface area contributed by atoms with Crippen LogP contribution < -0.4 is 5.32 Å². The second-order valence-electron chi connectivity index (χ2n) is 5.84. The lowest BCUT2D eigenvalue weighted by atomic mass is 10.2. The maximum atomic E-state index is 12.2. The van der Waals surface area contributed by atoms with Crippen molar-refractivity contribution >= 4 is 46.4 Å². The van der Waals surface area contributed by atoms with E-state index in [4.69, 9.17) is 39.3 Å². The molecule has 0 saturated carbocycles. The Morgan fingerprint density at radius 1 is 1.15 bits per heavy atom. The minimum absolute atomic E-state index is 0.0937. The van der Waals surface area contributed by atoms with E-state index in [-0.39, 0.29) is 12.5 Å². The first-order chi connectivity index (χ1) is 12.9. The second kappa shape index (κ2) is 8.71. The van der Waals surface area contributed by atoms with E-state index in [0.29, 0.717) is 39.0 Å². The van der Waals surface area contributed by atoms with E-state index in [1.807, 2.05) is 12.1 Å². The standard InChI is InChI=1S/C18H15Cl3N4O2/c1-25(9-15(26)22-17-13(20)6-3-7-14(17)21)10-16-23-18(24-27-16)11-4-2-5-12(19)8-11/h2-8H,9-10H2,1H3,(H,22,26). The van der Waals surface area contributed by atoms with Gasteiger partial charge in [-0.15, -0.1) is 0 Å². The van der Waals surface area contributed by atoms with Gasteiger partial charge in [-0.25, -0.2) is 0 Å². The highest BCUT2D eigenvalue weighted by molar-refractivity contribution is 6.39. The van der Waals surface area contributed by atoms with Crippen molar-refractivity contribution in [2.75, 3.05) is 18.9 Å². The summed E-state index contributed by atoms with van der Waals surface area (Å²) >= 11 is 18.1. The molecule has 0 saturated heterocycles. The normalized spacial score (nSPS) is 11.0. The number of nitrogens with one attached hydrogen (secondary N) is 1. The molecule has 0 fully saturated rings. The lowest BCUT2D eigenvalue weighted by molar-refractivity contribution is -0.117. The monoisotopic (exact) mass is 424 g/mol. The predicted molar refractivity (Wildman–Crippen MR) is 106 cm³/mol. The van der Waals surface area contributed by atoms with Gasteiger partial charge in [-0.05, 0) is 31.3 Å². The summed E-state index contributed by atoms with van der Waals surface area (Å²) in [7, 11) is 1.76. The zero-order chi connectivity index (χ0) is 19.4. The van der Waals surface area contributed by atoms with E-state index >= 15 is 0 Å². The van der Waals surface area contributed by atoms with E-state index in [1.165, 1.54) is 0 Å². The van der Waals surface area contributed by atoms with E-state index < -0.39 is 0 Å². The lowest BCUT2D eigenvalue weighted by Gasteiger charge is -2.15. The molecule has 0 bridgehead atoms. The molecule has 0 aliphatic heterocycles. The van der Waals surface area contributed by atoms with Gasteiger partial charge in [-0.3, -0.25) is 9.69 Å². The number of nitrogens with zero attached hydrogens (tertiary/aromatic N) is 3. The topological polar surface area (TPSA) is 71.3 Å². The summed E-state index contributed by atoms with van der Waals surface area (Å²) < 4.78 is 5.25. The van der Waals surface area contributed by atoms with Gasteiger partial charge in [0.05, 0.1) is 28.8 Å². The molecular weight excluding hydrogens is 411 g/mol. The maximum absolute atomic E-state index is 12.2. The number of rotatable bonds is 6. The zero-order valence-electron chi connectivity index (χ0n) is 14.2. The summed E-state index contributed by atoms with van der Waals surface area (Å²) in [6.07, 6.45) is 0. The second-order valence-corrected chi connectivity index (χ2v) is 7.09. The molecule has 2 aromatic carbocycles. The largest absolute Gasteiger partial charge is 0.338 e. The first-order valence-corrected chi connectivity index (χ1v) is 9.06. The number of amides is 1. The molecule has 0 aliphatic rings. The summed E-state index contributed by atoms with van der Waals surface area (Å²) in [5.74, 6) is 0.561. The third-order valence-electron chi connectivity index (χ3n) is 3.60. The van der Waals surface area contributed by atoms with Crippen LogP contribution in [0.15, 0.2) is 47.0 Å². The van der Waals surface area contributed by atoms with Crippen molar-refractivity contribution in [3.05, 3.63) is 63.4 Å². The van der Waals surface area contributed by atoms with Crippen LogP contribution in [-0.2, 0) is 11.3 Å². The number of carbonyl (C=O) groups is 1. The zero-order valence-corrected chi connectivity index (χ0v) is 16.5. The van der Waals surface area contributed by atoms with Gasteiger partial charge >= 0.3 is 0 Å². The van der Waals surface area contributed by atoms with Crippen LogP contribution >= 0.6 is 34.8 Å². The van der Waals surface area contributed by atoms with Crippen molar-refractivity contribution in [1.29, 1.82) is 0 Å². The van der Waals surface area contributed by atoms with E-state index in [1.54, 1.807) is 42.3 Å². The number of para-hydroxylation sites is 1. The summed E-state index contributed by atoms with van der Waals surface area (Å²) in [6, 6.07) is 12.2. The van der Waals surface area contributed by atoms with Crippen LogP contribution in [0.3, 0.4) is 0 Å². The van der Waals surface area contributed by atoms with Gasteiger partial charge in [0.25, 0.3) is 0 Å². The average Bonchev–Trinajstić information content (AvgIpc) is 3.06. The molecule has 1 N–H and O–H groups in total. The lowest BCUT2D eigenvalue weighted by Crippen LogP contribution is -2.30. The third-order valence-corrected chi connectivity index (χ3v) is 4.46. The molecule has 0 atom stereocenters. The Hall–Kier alpha value is -2.12. The van der Waals surface area contributed by atoms with Crippen LogP contribution in [0.5, 0.6) is 0 Å². The summed E-state index contributed by atoms with van der Waals surface area (Å²) in [6.45, 7) is 0.396. The molecule has 140 valence electrons. The number of halogens is 3. The number of likely N-dealkylation sites (N-methyl/N-ethyl adjacent to an activating group) is 1. The molecule has 9 heteroatoms. The number of hydrogen-bond donors (Lipinski definition) is 1. The fraction of sp³-hybridized carbons (Fsp3) is 0.167. The Morgan fingerprint density at radius 2 is 1.85 bits per heavy atom. The Bertz CT molecular complexity index is 941. The maximum Gasteiger partial charge on any atom is 0.241 e. The SMILES string of the molecule is CN(CC(=O)Nc1c(Cl)cccc1Cl)Cc1nc(-c2cccc(Cl)c2)no1. The highest BCUT2D eigenvalue weighted by atomic mass is 35.5. The quantitative estimate of drug-likeness (QED) is 0.616. The number of benzene rings is 2. The van der Waals surface area contributed by atoms with Crippen LogP contribution in [0.1, 0.15) is 5.89 Å². The fourth-order valence-corrected chi connectivity index (χ4v) is 3.07. The first kappa shape index (κ1) is 19.6. The molecule has 0 radical (unpaired) electrons. The Kier molecular flexibility index (Phi) is 6.34. The van der Waals surface area contributed by atoms with Crippen molar-refractivity contribution < 1.29 is 9.32 Å². The van der Waals surface area contributed by atoms with Crippen LogP contribution in [0, 0.1) is 0 Å². The molecule has 0 aliphatic carbocycles. The van der Waals surface area contributed by atoms with Gasteiger partial charge in [0.2, 0.25) is 17.6 Å². The Balaban J connectivity index is 1.59. The van der Waals surface area contributed by atoms with Crippen molar-refractivity contribution in [1.82, 2.24) is 15.0 Å². The number of anilines is 1. The molecule has 3 rings (SSSR count). The predicted octanol–water partition coefficient (Wildman–Crippen LogP) is 4.77. The number of aromatic nitrogens is 2. The highest BCUT2D eigenvalue weighted by Gasteiger charge is 2.15. The minimum atomic E-state index is -0.262. The van der Waals surface area contributed by atoms with Crippen molar-refractivity contribution in [2.45, 2.75) is 6.54 Å². The van der Waals surface area contributed by atoms with Crippen molar-refractivity contribution in [2.24, 2.45) is 0 Å². The smallest absolute Gasteiger partial charge is 0.241 e. The highest BCUT2D eigenvalue weighted by Crippen LogP contribution is 2.29. The molecule has 1 aromatic heterocycles. The van der Waals surface area contributed by atoms with E-state index in [2.05, 4.69) is 15.5 Å². The van der Waals surface area contributed by atoms with Gasteiger partial charge in [-0.2, -0.15) is 4.98 Å². The van der Waals surface area contributed by atoms with Crippen LogP contribution in [0.25, 0.3) is 11.4 Å². The van der Waals surface area contributed by atoms with Gasteiger partial charge in [0.15, 0.2) is 0 Å². The van der Waals surface area contributed by atoms with Crippen LogP contribution in [-0.4, -0.2) is 34.5 Å². The molecule has 6 nitrogen and oxygen atoms in total. The third kappa shape index (κ3) is 5.20. The molecule has 3 aromatic rings. The summed E-state index contributed by atoms with van der Waals surface area (Å²) in [4.78, 5) is 18.3. The van der Waals surface area contributed by atoms with Gasteiger partial charge in [-0.1, -0.05) is 58.2 Å². The first-order valence-electron chi connectivity index (χ1n) is 7.93. The number of hydrogen-bond acceptors (Lipinski definition) is 5. The fourth-order valence-electron chi connectivity index (χ4n) is 2.39. The Labute approximate surface area is 171 Å². The van der Waals surface area contributed by atoms with Crippen molar-refractivity contribution in [3.63, 3.8) is 0 Å². The molecular formula is C18H15Cl3N4O2. The minimum Gasteiger partial charge on any atom is -0.338 e. The molecule has 27 heavy (non-hydrogen) atoms. The van der Waals surface area contributed by atoms with E-state index in [9.17, 15) is 4.79 Å². The number of carbonyl (C=O) groups excluding carboxylic acids is 1. The van der Waals surface area contributed by atoms with Gasteiger partial charge in [0.1, 0.15) is 0 Å². The van der Waals surface area contributed by atoms with E-state index in [0.717, 1.165) is 5.56 Å². The molecule has 1 amide bonds. The summed E-state index contributed by atoms with van der Waals surface area (Å²) in [5, 5.41) is 7.99. The van der Waals surface area contributed by atoms with Gasteiger partial charge in [0, 0.05) is 10.6 Å². The van der Waals surface area contributed by atoms with Crippen molar-refractivity contribution in [3.8, 4) is 11.4 Å². The van der Waals surface area contributed by atoms with Crippen LogP contribution in [0.2, 0.25) is 15.1 Å².